The van der Waals surface area contributed by atoms with Gasteiger partial charge < -0.3 is 9.47 Å². The normalized spacial score (nSPS) is 10.4. The number of hydrogen-bond acceptors (Lipinski definition) is 2. The van der Waals surface area contributed by atoms with Crippen molar-refractivity contribution >= 4 is 0 Å². The lowest BCUT2D eigenvalue weighted by Gasteiger charge is -2.09. The van der Waals surface area contributed by atoms with Crippen molar-refractivity contribution in [2.24, 2.45) is 0 Å². The van der Waals surface area contributed by atoms with Gasteiger partial charge in [0.1, 0.15) is 5.75 Å². The van der Waals surface area contributed by atoms with E-state index in [0.29, 0.717) is 0 Å². The molecular formula is C9H9F3O2. The lowest BCUT2D eigenvalue weighted by atomic mass is 10.2. The van der Waals surface area contributed by atoms with Crippen molar-refractivity contribution in [1.29, 1.82) is 0 Å². The highest BCUT2D eigenvalue weighted by molar-refractivity contribution is 5.39. The van der Waals surface area contributed by atoms with E-state index >= 15 is 0 Å². The van der Waals surface area contributed by atoms with E-state index in [9.17, 15) is 13.2 Å². The van der Waals surface area contributed by atoms with Gasteiger partial charge in [-0.2, -0.15) is 8.78 Å². The van der Waals surface area contributed by atoms with Crippen molar-refractivity contribution in [3.05, 3.63) is 23.5 Å². The highest BCUT2D eigenvalue weighted by Crippen LogP contribution is 2.27. The zero-order valence-corrected chi connectivity index (χ0v) is 7.68. The van der Waals surface area contributed by atoms with E-state index in [4.69, 9.17) is 4.74 Å². The molecule has 0 radical (unpaired) electrons. The molecule has 0 saturated carbocycles. The van der Waals surface area contributed by atoms with Gasteiger partial charge in [0.2, 0.25) is 0 Å². The first kappa shape index (κ1) is 10.7. The Bertz CT molecular complexity index is 326. The summed E-state index contributed by atoms with van der Waals surface area (Å²) in [7, 11) is 1.36. The quantitative estimate of drug-likeness (QED) is 0.757. The summed E-state index contributed by atoms with van der Waals surface area (Å²) in [5.74, 6) is -1.03. The number of methoxy groups -OCH3 is 1. The zero-order valence-electron chi connectivity index (χ0n) is 7.68. The van der Waals surface area contributed by atoms with Crippen LogP contribution in [0.1, 0.15) is 5.56 Å². The second kappa shape index (κ2) is 4.21. The molecule has 0 spiro atoms. The Morgan fingerprint density at radius 3 is 2.43 bits per heavy atom. The predicted octanol–water partition coefficient (Wildman–Crippen LogP) is 2.74. The molecule has 14 heavy (non-hydrogen) atoms. The molecule has 0 unspecified atom stereocenters. The molecule has 78 valence electrons. The summed E-state index contributed by atoms with van der Waals surface area (Å²) in [6, 6.07) is 2.47. The van der Waals surface area contributed by atoms with Gasteiger partial charge >= 0.3 is 6.61 Å². The van der Waals surface area contributed by atoms with E-state index < -0.39 is 18.2 Å². The summed E-state index contributed by atoms with van der Waals surface area (Å²) in [6.45, 7) is -1.60. The molecule has 0 aliphatic rings. The Kier molecular flexibility index (Phi) is 3.22. The molecule has 0 heterocycles. The van der Waals surface area contributed by atoms with Crippen molar-refractivity contribution in [1.82, 2.24) is 0 Å². The van der Waals surface area contributed by atoms with Gasteiger partial charge in [-0.15, -0.1) is 0 Å². The smallest absolute Gasteiger partial charge is 0.387 e. The molecule has 0 aromatic heterocycles. The molecule has 0 N–H and O–H groups in total. The Balaban J connectivity index is 3.07. The van der Waals surface area contributed by atoms with Gasteiger partial charge in [0, 0.05) is 6.07 Å². The molecule has 1 rings (SSSR count). The zero-order chi connectivity index (χ0) is 10.7. The standard InChI is InChI=1S/C9H9F3O2/c1-5-3-6(13-2)4-7(8(5)10)14-9(11)12/h3-4,9H,1-2H3. The van der Waals surface area contributed by atoms with Gasteiger partial charge in [0.15, 0.2) is 11.6 Å². The summed E-state index contributed by atoms with van der Waals surface area (Å²) in [5.41, 5.74) is 0.194. The maximum absolute atomic E-state index is 13.2. The van der Waals surface area contributed by atoms with Crippen molar-refractivity contribution < 1.29 is 22.6 Å². The molecule has 5 heteroatoms. The minimum absolute atomic E-state index is 0.194. The van der Waals surface area contributed by atoms with Crippen LogP contribution in [-0.4, -0.2) is 13.7 Å². The fraction of sp³-hybridized carbons (Fsp3) is 0.333. The Hall–Kier alpha value is -1.39. The second-order valence-electron chi connectivity index (χ2n) is 2.63. The first-order valence-electron chi connectivity index (χ1n) is 3.83. The van der Waals surface area contributed by atoms with Gasteiger partial charge in [-0.25, -0.2) is 4.39 Å². The van der Waals surface area contributed by atoms with Crippen molar-refractivity contribution in [2.45, 2.75) is 13.5 Å². The maximum Gasteiger partial charge on any atom is 0.387 e. The third-order valence-corrected chi connectivity index (χ3v) is 1.65. The largest absolute Gasteiger partial charge is 0.497 e. The van der Waals surface area contributed by atoms with Crippen LogP contribution in [0.25, 0.3) is 0 Å². The fourth-order valence-corrected chi connectivity index (χ4v) is 1.00. The highest BCUT2D eigenvalue weighted by Gasteiger charge is 2.13. The van der Waals surface area contributed by atoms with E-state index in [0.717, 1.165) is 6.07 Å². The van der Waals surface area contributed by atoms with Crippen LogP contribution in [0.15, 0.2) is 12.1 Å². The molecule has 0 fully saturated rings. The third-order valence-electron chi connectivity index (χ3n) is 1.65. The van der Waals surface area contributed by atoms with Crippen molar-refractivity contribution in [3.8, 4) is 11.5 Å². The topological polar surface area (TPSA) is 18.5 Å². The number of ether oxygens (including phenoxy) is 2. The number of rotatable bonds is 3. The molecule has 0 aliphatic carbocycles. The number of hydrogen-bond donors (Lipinski definition) is 0. The molecule has 0 atom stereocenters. The van der Waals surface area contributed by atoms with E-state index in [-0.39, 0.29) is 11.3 Å². The summed E-state index contributed by atoms with van der Waals surface area (Å²) in [5, 5.41) is 0. The van der Waals surface area contributed by atoms with Gasteiger partial charge in [-0.3, -0.25) is 0 Å². The molecule has 0 saturated heterocycles. The summed E-state index contributed by atoms with van der Waals surface area (Å²) >= 11 is 0. The Morgan fingerprint density at radius 1 is 1.29 bits per heavy atom. The van der Waals surface area contributed by atoms with Crippen LogP contribution in [-0.2, 0) is 0 Å². The molecule has 0 amide bonds. The second-order valence-corrected chi connectivity index (χ2v) is 2.63. The van der Waals surface area contributed by atoms with Gasteiger partial charge in [-0.1, -0.05) is 0 Å². The highest BCUT2D eigenvalue weighted by atomic mass is 19.3. The summed E-state index contributed by atoms with van der Waals surface area (Å²) in [4.78, 5) is 0. The number of alkyl halides is 2. The van der Waals surface area contributed by atoms with Crippen LogP contribution in [0.4, 0.5) is 13.2 Å². The van der Waals surface area contributed by atoms with Crippen molar-refractivity contribution in [2.75, 3.05) is 7.11 Å². The minimum atomic E-state index is -3.05. The van der Waals surface area contributed by atoms with Crippen LogP contribution in [0.2, 0.25) is 0 Å². The molecule has 1 aromatic carbocycles. The Morgan fingerprint density at radius 2 is 1.93 bits per heavy atom. The van der Waals surface area contributed by atoms with Crippen LogP contribution >= 0.6 is 0 Å². The first-order valence-corrected chi connectivity index (χ1v) is 3.83. The molecule has 0 bridgehead atoms. The van der Waals surface area contributed by atoms with Crippen LogP contribution in [0.5, 0.6) is 11.5 Å². The average Bonchev–Trinajstić information content (AvgIpc) is 2.11. The van der Waals surface area contributed by atoms with Gasteiger partial charge in [0.05, 0.1) is 7.11 Å². The van der Waals surface area contributed by atoms with E-state index in [2.05, 4.69) is 4.74 Å². The first-order chi connectivity index (χ1) is 6.54. The number of aryl methyl sites for hydroxylation is 1. The van der Waals surface area contributed by atoms with Crippen LogP contribution in [0.3, 0.4) is 0 Å². The van der Waals surface area contributed by atoms with E-state index in [1.807, 2.05) is 0 Å². The predicted molar refractivity (Wildman–Crippen MR) is 44.3 cm³/mol. The molecular weight excluding hydrogens is 197 g/mol. The third kappa shape index (κ3) is 2.31. The van der Waals surface area contributed by atoms with Crippen molar-refractivity contribution in [3.63, 3.8) is 0 Å². The van der Waals surface area contributed by atoms with Gasteiger partial charge in [-0.05, 0) is 18.6 Å². The maximum atomic E-state index is 13.2. The fourth-order valence-electron chi connectivity index (χ4n) is 1.00. The minimum Gasteiger partial charge on any atom is -0.497 e. The molecule has 0 aliphatic heterocycles. The van der Waals surface area contributed by atoms with Crippen LogP contribution < -0.4 is 9.47 Å². The number of benzene rings is 1. The summed E-state index contributed by atoms with van der Waals surface area (Å²) in [6.07, 6.45) is 0. The molecule has 1 aromatic rings. The van der Waals surface area contributed by atoms with E-state index in [1.54, 1.807) is 0 Å². The summed E-state index contributed by atoms with van der Waals surface area (Å²) < 4.78 is 45.6. The van der Waals surface area contributed by atoms with Crippen LogP contribution in [0, 0.1) is 12.7 Å². The molecule has 2 nitrogen and oxygen atoms in total. The lowest BCUT2D eigenvalue weighted by Crippen LogP contribution is -2.04. The average molecular weight is 206 g/mol. The SMILES string of the molecule is COc1cc(C)c(F)c(OC(F)F)c1. The lowest BCUT2D eigenvalue weighted by molar-refractivity contribution is -0.0523. The Labute approximate surface area is 79.2 Å². The van der Waals surface area contributed by atoms with E-state index in [1.165, 1.54) is 20.1 Å². The van der Waals surface area contributed by atoms with Gasteiger partial charge in [0.25, 0.3) is 0 Å². The number of halogens is 3. The monoisotopic (exact) mass is 206 g/mol.